The van der Waals surface area contributed by atoms with Crippen LogP contribution in [0.3, 0.4) is 0 Å². The van der Waals surface area contributed by atoms with Gasteiger partial charge in [0.05, 0.1) is 18.2 Å². The van der Waals surface area contributed by atoms with Crippen LogP contribution in [0.4, 0.5) is 0 Å². The number of nitrogens with zero attached hydrogens (tertiary/aromatic N) is 1. The zero-order chi connectivity index (χ0) is 20.1. The van der Waals surface area contributed by atoms with Crippen LogP contribution in [-0.4, -0.2) is 48.6 Å². The zero-order valence-electron chi connectivity index (χ0n) is 15.9. The summed E-state index contributed by atoms with van der Waals surface area (Å²) in [5.74, 6) is -0.867. The van der Waals surface area contributed by atoms with E-state index in [1.807, 2.05) is 24.4 Å². The molecule has 148 valence electrons. The van der Waals surface area contributed by atoms with Gasteiger partial charge < -0.3 is 19.5 Å². The van der Waals surface area contributed by atoms with Gasteiger partial charge in [0.1, 0.15) is 11.5 Å². The number of likely N-dealkylation sites (tertiary alicyclic amines) is 1. The van der Waals surface area contributed by atoms with E-state index >= 15 is 0 Å². The smallest absolute Gasteiger partial charge is 0.295 e. The van der Waals surface area contributed by atoms with Crippen LogP contribution in [0.2, 0.25) is 0 Å². The molecule has 1 amide bonds. The number of thiophene rings is 1. The number of rotatable bonds is 8. The zero-order valence-corrected chi connectivity index (χ0v) is 16.7. The Labute approximate surface area is 168 Å². The quantitative estimate of drug-likeness (QED) is 0.317. The molecule has 3 rings (SSSR count). The van der Waals surface area contributed by atoms with Crippen LogP contribution in [-0.2, 0) is 14.3 Å². The van der Waals surface area contributed by atoms with Crippen molar-refractivity contribution in [1.29, 1.82) is 0 Å². The number of hydrogen-bond donors (Lipinski definition) is 1. The van der Waals surface area contributed by atoms with Gasteiger partial charge in [0.25, 0.3) is 11.7 Å². The summed E-state index contributed by atoms with van der Waals surface area (Å²) in [5, 5.41) is 12.9. The number of hydrogen-bond acceptors (Lipinski definition) is 6. The van der Waals surface area contributed by atoms with E-state index in [1.165, 1.54) is 16.2 Å². The number of Topliss-reactive ketones (excluding diaryl/α,β-unsaturated/α-hetero) is 1. The molecule has 1 aliphatic rings. The largest absolute Gasteiger partial charge is 0.507 e. The number of carbonyl (C=O) groups excluding carboxylic acids is 2. The molecule has 1 aromatic heterocycles. The van der Waals surface area contributed by atoms with Gasteiger partial charge in [0.15, 0.2) is 0 Å². The lowest BCUT2D eigenvalue weighted by Gasteiger charge is -2.24. The summed E-state index contributed by atoms with van der Waals surface area (Å²) >= 11 is 1.45. The van der Waals surface area contributed by atoms with Crippen molar-refractivity contribution < 1.29 is 24.2 Å². The molecule has 2 aromatic rings. The van der Waals surface area contributed by atoms with Gasteiger partial charge in [-0.3, -0.25) is 9.59 Å². The first-order valence-corrected chi connectivity index (χ1v) is 10.0. The Morgan fingerprint density at radius 2 is 2.07 bits per heavy atom. The van der Waals surface area contributed by atoms with E-state index < -0.39 is 17.7 Å². The molecule has 1 N–H and O–H groups in total. The average Bonchev–Trinajstić information content (AvgIpc) is 3.30. The molecule has 0 saturated carbocycles. The van der Waals surface area contributed by atoms with Crippen LogP contribution in [0.15, 0.2) is 47.4 Å². The first kappa shape index (κ1) is 20.1. The predicted octanol–water partition coefficient (Wildman–Crippen LogP) is 3.61. The lowest BCUT2D eigenvalue weighted by atomic mass is 9.99. The third-order valence-electron chi connectivity index (χ3n) is 4.52. The van der Waals surface area contributed by atoms with Crippen molar-refractivity contribution in [2.24, 2.45) is 0 Å². The Kier molecular flexibility index (Phi) is 6.49. The fraction of sp³-hybridized carbons (Fsp3) is 0.333. The van der Waals surface area contributed by atoms with Gasteiger partial charge in [-0.05, 0) is 36.9 Å². The molecule has 7 heteroatoms. The second kappa shape index (κ2) is 9.03. The van der Waals surface area contributed by atoms with Crippen molar-refractivity contribution in [3.8, 4) is 5.75 Å². The second-order valence-electron chi connectivity index (χ2n) is 6.32. The van der Waals surface area contributed by atoms with Crippen molar-refractivity contribution in [3.05, 3.63) is 57.8 Å². The molecule has 1 unspecified atom stereocenters. The summed E-state index contributed by atoms with van der Waals surface area (Å²) in [6.07, 6.45) is 0.602. The highest BCUT2D eigenvalue weighted by molar-refractivity contribution is 7.10. The Bertz CT molecular complexity index is 875. The van der Waals surface area contributed by atoms with Gasteiger partial charge in [0, 0.05) is 30.7 Å². The molecule has 0 aliphatic carbocycles. The van der Waals surface area contributed by atoms with Crippen LogP contribution in [0.5, 0.6) is 5.75 Å². The SMILES string of the molecule is CCOc1cccc(/C(O)=C2/C(=O)C(=O)N(CCCOC)C2c2cccs2)c1. The fourth-order valence-electron chi connectivity index (χ4n) is 3.29. The standard InChI is InChI=1S/C21H23NO5S/c1-3-27-15-8-4-7-14(13-15)19(23)17-18(16-9-5-12-28-16)22(10-6-11-26-2)21(25)20(17)24/h4-5,7-9,12-13,18,23H,3,6,10-11H2,1-2H3/b19-17-. The van der Waals surface area contributed by atoms with E-state index in [0.717, 1.165) is 4.88 Å². The number of ketones is 1. The summed E-state index contributed by atoms with van der Waals surface area (Å²) in [4.78, 5) is 27.9. The van der Waals surface area contributed by atoms with Crippen molar-refractivity contribution in [1.82, 2.24) is 4.90 Å². The highest BCUT2D eigenvalue weighted by atomic mass is 32.1. The molecule has 1 aliphatic heterocycles. The molecule has 2 heterocycles. The Morgan fingerprint density at radius 1 is 1.25 bits per heavy atom. The van der Waals surface area contributed by atoms with Crippen molar-refractivity contribution in [2.45, 2.75) is 19.4 Å². The second-order valence-corrected chi connectivity index (χ2v) is 7.29. The normalized spacial score (nSPS) is 18.6. The number of ether oxygens (including phenoxy) is 2. The lowest BCUT2D eigenvalue weighted by Crippen LogP contribution is -2.31. The maximum atomic E-state index is 12.8. The van der Waals surface area contributed by atoms with Crippen LogP contribution in [0.1, 0.15) is 29.8 Å². The topological polar surface area (TPSA) is 76.1 Å². The first-order chi connectivity index (χ1) is 13.6. The summed E-state index contributed by atoms with van der Waals surface area (Å²) in [5.41, 5.74) is 0.556. The van der Waals surface area contributed by atoms with E-state index in [-0.39, 0.29) is 11.3 Å². The third kappa shape index (κ3) is 3.95. The summed E-state index contributed by atoms with van der Waals surface area (Å²) in [7, 11) is 1.59. The number of amides is 1. The minimum Gasteiger partial charge on any atom is -0.507 e. The van der Waals surface area contributed by atoms with Crippen LogP contribution in [0.25, 0.3) is 5.76 Å². The molecule has 1 saturated heterocycles. The number of carbonyl (C=O) groups is 2. The van der Waals surface area contributed by atoms with E-state index in [1.54, 1.807) is 31.4 Å². The van der Waals surface area contributed by atoms with E-state index in [2.05, 4.69) is 0 Å². The van der Waals surface area contributed by atoms with Crippen molar-refractivity contribution in [2.75, 3.05) is 26.9 Å². The third-order valence-corrected chi connectivity index (χ3v) is 5.44. The average molecular weight is 401 g/mol. The van der Waals surface area contributed by atoms with Crippen molar-refractivity contribution >= 4 is 28.8 Å². The Balaban J connectivity index is 2.05. The van der Waals surface area contributed by atoms with Crippen LogP contribution in [0, 0.1) is 0 Å². The minimum absolute atomic E-state index is 0.110. The van der Waals surface area contributed by atoms with Gasteiger partial charge in [0.2, 0.25) is 0 Å². The Morgan fingerprint density at radius 3 is 2.75 bits per heavy atom. The number of benzene rings is 1. The van der Waals surface area contributed by atoms with E-state index in [0.29, 0.717) is 37.5 Å². The van der Waals surface area contributed by atoms with E-state index in [4.69, 9.17) is 9.47 Å². The molecule has 0 bridgehead atoms. The molecule has 0 radical (unpaired) electrons. The fourth-order valence-corrected chi connectivity index (χ4v) is 4.13. The molecule has 28 heavy (non-hydrogen) atoms. The maximum absolute atomic E-state index is 12.8. The summed E-state index contributed by atoms with van der Waals surface area (Å²) in [6.45, 7) is 3.21. The Hall–Kier alpha value is -2.64. The summed E-state index contributed by atoms with van der Waals surface area (Å²) < 4.78 is 10.6. The van der Waals surface area contributed by atoms with Gasteiger partial charge in [-0.1, -0.05) is 18.2 Å². The van der Waals surface area contributed by atoms with E-state index in [9.17, 15) is 14.7 Å². The minimum atomic E-state index is -0.671. The highest BCUT2D eigenvalue weighted by Gasteiger charge is 2.46. The van der Waals surface area contributed by atoms with Gasteiger partial charge >= 0.3 is 0 Å². The first-order valence-electron chi connectivity index (χ1n) is 9.12. The maximum Gasteiger partial charge on any atom is 0.295 e. The molecule has 1 aromatic carbocycles. The van der Waals surface area contributed by atoms with Crippen molar-refractivity contribution in [3.63, 3.8) is 0 Å². The molecule has 1 fully saturated rings. The van der Waals surface area contributed by atoms with Crippen LogP contribution < -0.4 is 4.74 Å². The monoisotopic (exact) mass is 401 g/mol. The molecule has 0 spiro atoms. The van der Waals surface area contributed by atoms with Crippen LogP contribution >= 0.6 is 11.3 Å². The number of methoxy groups -OCH3 is 1. The van der Waals surface area contributed by atoms with Gasteiger partial charge in [-0.15, -0.1) is 11.3 Å². The number of aliphatic hydroxyl groups excluding tert-OH is 1. The molecule has 6 nitrogen and oxygen atoms in total. The summed E-state index contributed by atoms with van der Waals surface area (Å²) in [6, 6.07) is 10.0. The van der Waals surface area contributed by atoms with Gasteiger partial charge in [-0.2, -0.15) is 0 Å². The number of aliphatic hydroxyl groups is 1. The molecule has 1 atom stereocenters. The highest BCUT2D eigenvalue weighted by Crippen LogP contribution is 2.41. The predicted molar refractivity (Wildman–Crippen MR) is 107 cm³/mol. The molecular formula is C21H23NO5S. The van der Waals surface area contributed by atoms with Gasteiger partial charge in [-0.25, -0.2) is 0 Å². The molecular weight excluding hydrogens is 378 g/mol. The lowest BCUT2D eigenvalue weighted by molar-refractivity contribution is -0.140.